The van der Waals surface area contributed by atoms with Crippen molar-refractivity contribution in [2.24, 2.45) is 13.0 Å². The summed E-state index contributed by atoms with van der Waals surface area (Å²) in [4.78, 5) is 27.8. The van der Waals surface area contributed by atoms with Crippen LogP contribution < -0.4 is 10.2 Å². The van der Waals surface area contributed by atoms with Gasteiger partial charge < -0.3 is 20.3 Å². The number of carbonyl (C=O) groups excluding carboxylic acids is 1. The lowest BCUT2D eigenvalue weighted by Crippen LogP contribution is -2.43. The smallest absolute Gasteiger partial charge is 0.359 e. The van der Waals surface area contributed by atoms with E-state index in [4.69, 9.17) is 0 Å². The van der Waals surface area contributed by atoms with Crippen LogP contribution in [0.3, 0.4) is 0 Å². The van der Waals surface area contributed by atoms with E-state index in [-0.39, 0.29) is 17.6 Å². The van der Waals surface area contributed by atoms with E-state index >= 15 is 0 Å². The van der Waals surface area contributed by atoms with Crippen LogP contribution in [-0.4, -0.2) is 40.5 Å². The molecule has 19 heavy (non-hydrogen) atoms. The first-order valence-corrected chi connectivity index (χ1v) is 6.16. The second kappa shape index (κ2) is 5.25. The molecule has 0 radical (unpaired) electrons. The summed E-state index contributed by atoms with van der Waals surface area (Å²) >= 11 is 0. The molecular weight excluding hydrogens is 250 g/mol. The second-order valence-corrected chi connectivity index (χ2v) is 4.66. The van der Waals surface area contributed by atoms with Gasteiger partial charge in [-0.2, -0.15) is 0 Å². The Bertz CT molecular complexity index is 499. The van der Waals surface area contributed by atoms with E-state index in [9.17, 15) is 14.9 Å². The molecule has 1 amide bonds. The van der Waals surface area contributed by atoms with E-state index in [0.29, 0.717) is 18.9 Å². The monoisotopic (exact) mass is 267 g/mol. The van der Waals surface area contributed by atoms with Crippen LogP contribution >= 0.6 is 0 Å². The molecule has 0 spiro atoms. The molecule has 1 unspecified atom stereocenters. The Morgan fingerprint density at radius 2 is 2.37 bits per heavy atom. The highest BCUT2D eigenvalue weighted by atomic mass is 16.6. The van der Waals surface area contributed by atoms with Gasteiger partial charge >= 0.3 is 5.82 Å². The number of nitrogens with zero attached hydrogens (tertiary/aromatic N) is 4. The number of piperidine rings is 1. The van der Waals surface area contributed by atoms with Crippen molar-refractivity contribution in [1.29, 1.82) is 0 Å². The molecule has 1 aliphatic rings. The standard InChI is InChI=1S/C11H17N5O3/c1-12-10(17)8-4-3-5-15(6-8)11-9(16(18)19)13-7-14(11)2/h7-8H,3-6H2,1-2H3,(H,12,17). The largest absolute Gasteiger partial charge is 0.406 e. The molecule has 2 heterocycles. The van der Waals surface area contributed by atoms with Gasteiger partial charge in [-0.3, -0.25) is 9.36 Å². The van der Waals surface area contributed by atoms with Gasteiger partial charge in [0.05, 0.1) is 5.92 Å². The molecule has 1 saturated heterocycles. The lowest BCUT2D eigenvalue weighted by atomic mass is 9.97. The van der Waals surface area contributed by atoms with Crippen molar-refractivity contribution in [3.8, 4) is 0 Å². The molecule has 1 aromatic heterocycles. The van der Waals surface area contributed by atoms with Crippen LogP contribution in [0, 0.1) is 16.0 Å². The second-order valence-electron chi connectivity index (χ2n) is 4.66. The molecule has 1 aliphatic heterocycles. The molecule has 1 N–H and O–H groups in total. The number of hydrogen-bond donors (Lipinski definition) is 1. The average Bonchev–Trinajstić information content (AvgIpc) is 2.80. The van der Waals surface area contributed by atoms with E-state index in [1.165, 1.54) is 6.33 Å². The van der Waals surface area contributed by atoms with Crippen LogP contribution in [0.25, 0.3) is 0 Å². The van der Waals surface area contributed by atoms with Crippen molar-refractivity contribution in [2.45, 2.75) is 12.8 Å². The summed E-state index contributed by atoms with van der Waals surface area (Å²) in [6, 6.07) is 0. The van der Waals surface area contributed by atoms with E-state index in [2.05, 4.69) is 10.3 Å². The predicted molar refractivity (Wildman–Crippen MR) is 68.9 cm³/mol. The Kier molecular flexibility index (Phi) is 3.68. The highest BCUT2D eigenvalue weighted by Crippen LogP contribution is 2.29. The summed E-state index contributed by atoms with van der Waals surface area (Å²) in [5.74, 6) is 0.168. The normalized spacial score (nSPS) is 19.3. The lowest BCUT2D eigenvalue weighted by molar-refractivity contribution is -0.388. The number of aryl methyl sites for hydroxylation is 1. The van der Waals surface area contributed by atoms with Crippen molar-refractivity contribution >= 4 is 17.5 Å². The molecule has 0 aromatic carbocycles. The summed E-state index contributed by atoms with van der Waals surface area (Å²) < 4.78 is 1.63. The van der Waals surface area contributed by atoms with Crippen LogP contribution in [0.5, 0.6) is 0 Å². The van der Waals surface area contributed by atoms with Gasteiger partial charge in [0.15, 0.2) is 0 Å². The van der Waals surface area contributed by atoms with Gasteiger partial charge in [0.2, 0.25) is 18.1 Å². The fourth-order valence-electron chi connectivity index (χ4n) is 2.49. The maximum absolute atomic E-state index is 11.7. The van der Waals surface area contributed by atoms with Crippen molar-refractivity contribution in [1.82, 2.24) is 14.9 Å². The molecule has 1 fully saturated rings. The maximum atomic E-state index is 11.7. The van der Waals surface area contributed by atoms with Crippen LogP contribution in [0.4, 0.5) is 11.6 Å². The first-order valence-electron chi connectivity index (χ1n) is 6.16. The molecule has 104 valence electrons. The zero-order chi connectivity index (χ0) is 14.0. The molecule has 1 atom stereocenters. The zero-order valence-corrected chi connectivity index (χ0v) is 11.0. The summed E-state index contributed by atoms with van der Waals surface area (Å²) in [7, 11) is 3.33. The van der Waals surface area contributed by atoms with Crippen molar-refractivity contribution in [3.63, 3.8) is 0 Å². The Hall–Kier alpha value is -2.12. The predicted octanol–water partition coefficient (Wildman–Crippen LogP) is 0.291. The number of imidazole rings is 1. The maximum Gasteiger partial charge on any atom is 0.406 e. The fraction of sp³-hybridized carbons (Fsp3) is 0.636. The van der Waals surface area contributed by atoms with E-state index in [1.54, 1.807) is 18.7 Å². The topological polar surface area (TPSA) is 93.3 Å². The van der Waals surface area contributed by atoms with Gasteiger partial charge in [-0.1, -0.05) is 0 Å². The summed E-state index contributed by atoms with van der Waals surface area (Å²) in [5.41, 5.74) is 0. The highest BCUT2D eigenvalue weighted by molar-refractivity contribution is 5.79. The Morgan fingerprint density at radius 3 is 3.00 bits per heavy atom. The molecule has 8 heteroatoms. The molecule has 1 aromatic rings. The number of nitrogens with one attached hydrogen (secondary N) is 1. The summed E-state index contributed by atoms with van der Waals surface area (Å²) in [5, 5.41) is 13.6. The third kappa shape index (κ3) is 2.51. The third-order valence-corrected chi connectivity index (χ3v) is 3.40. The van der Waals surface area contributed by atoms with E-state index in [0.717, 1.165) is 12.8 Å². The minimum absolute atomic E-state index is 0.0190. The lowest BCUT2D eigenvalue weighted by Gasteiger charge is -2.32. The van der Waals surface area contributed by atoms with Gasteiger partial charge in [-0.25, -0.2) is 0 Å². The van der Waals surface area contributed by atoms with Crippen molar-refractivity contribution in [2.75, 3.05) is 25.0 Å². The summed E-state index contributed by atoms with van der Waals surface area (Å²) in [6.07, 6.45) is 3.07. The fourth-order valence-corrected chi connectivity index (χ4v) is 2.49. The first kappa shape index (κ1) is 13.3. The van der Waals surface area contributed by atoms with Crippen LogP contribution in [0.15, 0.2) is 6.33 Å². The number of amides is 1. The van der Waals surface area contributed by atoms with Crippen LogP contribution in [-0.2, 0) is 11.8 Å². The third-order valence-electron chi connectivity index (χ3n) is 3.40. The number of aromatic nitrogens is 2. The minimum atomic E-state index is -0.487. The number of carbonyl (C=O) groups is 1. The molecule has 0 aliphatic carbocycles. The van der Waals surface area contributed by atoms with Crippen molar-refractivity contribution < 1.29 is 9.72 Å². The Labute approximate surface area is 110 Å². The van der Waals surface area contributed by atoms with Crippen molar-refractivity contribution in [3.05, 3.63) is 16.4 Å². The van der Waals surface area contributed by atoms with Gasteiger partial charge in [-0.15, -0.1) is 0 Å². The molecule has 2 rings (SSSR count). The first-order chi connectivity index (χ1) is 9.04. The molecule has 0 saturated carbocycles. The van der Waals surface area contributed by atoms with E-state index < -0.39 is 4.92 Å². The number of anilines is 1. The number of hydrogen-bond acceptors (Lipinski definition) is 5. The summed E-state index contributed by atoms with van der Waals surface area (Å²) in [6.45, 7) is 1.19. The molecular formula is C11H17N5O3. The van der Waals surface area contributed by atoms with Gasteiger partial charge in [-0.05, 0) is 22.7 Å². The van der Waals surface area contributed by atoms with Crippen LogP contribution in [0.1, 0.15) is 12.8 Å². The van der Waals surface area contributed by atoms with Gasteiger partial charge in [0.25, 0.3) is 0 Å². The molecule has 0 bridgehead atoms. The van der Waals surface area contributed by atoms with Gasteiger partial charge in [0, 0.05) is 27.2 Å². The SMILES string of the molecule is CNC(=O)C1CCCN(c2c([N+](=O)[O-])ncn2C)C1. The Balaban J connectivity index is 2.24. The number of rotatable bonds is 3. The average molecular weight is 267 g/mol. The number of nitro groups is 1. The van der Waals surface area contributed by atoms with E-state index in [1.807, 2.05) is 4.90 Å². The quantitative estimate of drug-likeness (QED) is 0.627. The minimum Gasteiger partial charge on any atom is -0.359 e. The van der Waals surface area contributed by atoms with Crippen LogP contribution in [0.2, 0.25) is 0 Å². The van der Waals surface area contributed by atoms with Gasteiger partial charge in [0.1, 0.15) is 0 Å². The molecule has 8 nitrogen and oxygen atoms in total. The zero-order valence-electron chi connectivity index (χ0n) is 11.0. The highest BCUT2D eigenvalue weighted by Gasteiger charge is 2.31. The Morgan fingerprint density at radius 1 is 1.63 bits per heavy atom.